The molecule has 1 N–H and O–H groups in total. The van der Waals surface area contributed by atoms with Gasteiger partial charge in [0.25, 0.3) is 0 Å². The molecule has 76 valence electrons. The number of fused-ring (bicyclic) bond motifs is 2. The van der Waals surface area contributed by atoms with E-state index in [9.17, 15) is 5.11 Å². The third-order valence-corrected chi connectivity index (χ3v) is 6.27. The summed E-state index contributed by atoms with van der Waals surface area (Å²) in [6.45, 7) is 6.33. The molecule has 0 spiro atoms. The Balaban J connectivity index is 2.15. The highest BCUT2D eigenvalue weighted by Gasteiger charge is 2.53. The monoisotopic (exact) mass is 294 g/mol. The van der Waals surface area contributed by atoms with Crippen molar-refractivity contribution < 1.29 is 5.11 Å². The van der Waals surface area contributed by atoms with Crippen molar-refractivity contribution >= 4 is 22.6 Å². The van der Waals surface area contributed by atoms with Crippen molar-refractivity contribution in [2.75, 3.05) is 0 Å². The van der Waals surface area contributed by atoms with Crippen LogP contribution in [0.3, 0.4) is 0 Å². The maximum atomic E-state index is 10.0. The van der Waals surface area contributed by atoms with Crippen LogP contribution in [0.15, 0.2) is 0 Å². The van der Waals surface area contributed by atoms with Crippen LogP contribution in [0, 0.1) is 23.7 Å². The topological polar surface area (TPSA) is 20.2 Å². The predicted molar refractivity (Wildman–Crippen MR) is 63.0 cm³/mol. The van der Waals surface area contributed by atoms with Crippen LogP contribution in [0.4, 0.5) is 0 Å². The lowest BCUT2D eigenvalue weighted by molar-refractivity contribution is -0.00962. The Morgan fingerprint density at radius 1 is 1.31 bits per heavy atom. The van der Waals surface area contributed by atoms with Gasteiger partial charge in [-0.05, 0) is 50.4 Å². The standard InChI is InChI=1S/C11H19IO/c1-6-7-4-8(10(6)12)9(5-7)11(2,3)13/h6-10,13H,4-5H2,1-3H3. The highest BCUT2D eigenvalue weighted by atomic mass is 127. The van der Waals surface area contributed by atoms with Crippen LogP contribution >= 0.6 is 22.6 Å². The minimum atomic E-state index is -0.455. The van der Waals surface area contributed by atoms with E-state index < -0.39 is 5.60 Å². The van der Waals surface area contributed by atoms with Crippen molar-refractivity contribution in [1.82, 2.24) is 0 Å². The molecule has 13 heavy (non-hydrogen) atoms. The zero-order chi connectivity index (χ0) is 9.80. The molecule has 0 heterocycles. The maximum absolute atomic E-state index is 10.0. The summed E-state index contributed by atoms with van der Waals surface area (Å²) in [4.78, 5) is 0. The van der Waals surface area contributed by atoms with E-state index in [0.29, 0.717) is 5.92 Å². The molecular weight excluding hydrogens is 275 g/mol. The average Bonchev–Trinajstić information content (AvgIpc) is 2.51. The summed E-state index contributed by atoms with van der Waals surface area (Å²) in [5, 5.41) is 10.0. The molecule has 2 aliphatic carbocycles. The number of aliphatic hydroxyl groups is 1. The number of alkyl halides is 1. The molecule has 2 saturated carbocycles. The SMILES string of the molecule is CC1C2CC(C1I)C(C(C)(C)O)C2. The van der Waals surface area contributed by atoms with Gasteiger partial charge in [-0.15, -0.1) is 0 Å². The fraction of sp³-hybridized carbons (Fsp3) is 1.00. The molecular formula is C11H19IO. The second-order valence-corrected chi connectivity index (χ2v) is 6.90. The molecule has 2 rings (SSSR count). The van der Waals surface area contributed by atoms with E-state index in [1.165, 1.54) is 12.8 Å². The van der Waals surface area contributed by atoms with Gasteiger partial charge in [-0.25, -0.2) is 0 Å². The third-order valence-electron chi connectivity index (χ3n) is 4.21. The van der Waals surface area contributed by atoms with E-state index in [4.69, 9.17) is 0 Å². The number of rotatable bonds is 1. The van der Waals surface area contributed by atoms with Gasteiger partial charge in [-0.1, -0.05) is 29.5 Å². The smallest absolute Gasteiger partial charge is 0.0622 e. The van der Waals surface area contributed by atoms with Crippen LogP contribution < -0.4 is 0 Å². The predicted octanol–water partition coefficient (Wildman–Crippen LogP) is 2.85. The molecule has 2 heteroatoms. The van der Waals surface area contributed by atoms with Crippen LogP contribution in [0.1, 0.15) is 33.6 Å². The van der Waals surface area contributed by atoms with Gasteiger partial charge in [0, 0.05) is 3.92 Å². The average molecular weight is 294 g/mol. The van der Waals surface area contributed by atoms with Gasteiger partial charge in [-0.3, -0.25) is 0 Å². The van der Waals surface area contributed by atoms with E-state index in [1.807, 2.05) is 13.8 Å². The van der Waals surface area contributed by atoms with Gasteiger partial charge in [0.15, 0.2) is 0 Å². The van der Waals surface area contributed by atoms with Crippen LogP contribution in [0.5, 0.6) is 0 Å². The minimum absolute atomic E-state index is 0.455. The van der Waals surface area contributed by atoms with Crippen LogP contribution in [-0.4, -0.2) is 14.6 Å². The number of halogens is 1. The van der Waals surface area contributed by atoms with Gasteiger partial charge < -0.3 is 5.11 Å². The van der Waals surface area contributed by atoms with E-state index >= 15 is 0 Å². The summed E-state index contributed by atoms with van der Waals surface area (Å²) in [6.07, 6.45) is 2.62. The first-order valence-corrected chi connectivity index (χ1v) is 6.52. The largest absolute Gasteiger partial charge is 0.390 e. The van der Waals surface area contributed by atoms with Crippen molar-refractivity contribution in [3.8, 4) is 0 Å². The molecule has 0 aromatic heterocycles. The second-order valence-electron chi connectivity index (χ2n) is 5.46. The molecule has 2 fully saturated rings. The molecule has 0 radical (unpaired) electrons. The molecule has 0 aromatic rings. The van der Waals surface area contributed by atoms with Gasteiger partial charge >= 0.3 is 0 Å². The first-order valence-electron chi connectivity index (χ1n) is 5.27. The zero-order valence-electron chi connectivity index (χ0n) is 8.63. The Kier molecular flexibility index (Phi) is 2.43. The third kappa shape index (κ3) is 1.54. The molecule has 0 saturated heterocycles. The highest BCUT2D eigenvalue weighted by molar-refractivity contribution is 14.1. The highest BCUT2D eigenvalue weighted by Crippen LogP contribution is 2.57. The Morgan fingerprint density at radius 2 is 1.92 bits per heavy atom. The van der Waals surface area contributed by atoms with Crippen LogP contribution in [-0.2, 0) is 0 Å². The van der Waals surface area contributed by atoms with Crippen molar-refractivity contribution in [2.45, 2.75) is 43.1 Å². The normalized spacial score (nSPS) is 50.1. The van der Waals surface area contributed by atoms with Crippen molar-refractivity contribution in [1.29, 1.82) is 0 Å². The van der Waals surface area contributed by atoms with E-state index in [2.05, 4.69) is 29.5 Å². The molecule has 2 aliphatic rings. The Morgan fingerprint density at radius 3 is 2.31 bits per heavy atom. The van der Waals surface area contributed by atoms with Crippen molar-refractivity contribution in [2.24, 2.45) is 23.7 Å². The molecule has 1 nitrogen and oxygen atoms in total. The lowest BCUT2D eigenvalue weighted by atomic mass is 9.75. The minimum Gasteiger partial charge on any atom is -0.390 e. The van der Waals surface area contributed by atoms with Crippen molar-refractivity contribution in [3.63, 3.8) is 0 Å². The number of hydrogen-bond donors (Lipinski definition) is 1. The summed E-state index contributed by atoms with van der Waals surface area (Å²) in [7, 11) is 0. The van der Waals surface area contributed by atoms with E-state index in [-0.39, 0.29) is 0 Å². The Bertz CT molecular complexity index is 207. The molecule has 0 aromatic carbocycles. The molecule has 0 amide bonds. The number of hydrogen-bond acceptors (Lipinski definition) is 1. The van der Waals surface area contributed by atoms with Crippen molar-refractivity contribution in [3.05, 3.63) is 0 Å². The fourth-order valence-electron chi connectivity index (χ4n) is 3.35. The Labute approximate surface area is 94.4 Å². The summed E-state index contributed by atoms with van der Waals surface area (Å²) >= 11 is 2.59. The quantitative estimate of drug-likeness (QED) is 0.582. The fourth-order valence-corrected chi connectivity index (χ4v) is 4.74. The molecule has 5 unspecified atom stereocenters. The Hall–Kier alpha value is 0.690. The summed E-state index contributed by atoms with van der Waals surface area (Å²) in [6, 6.07) is 0. The van der Waals surface area contributed by atoms with E-state index in [0.717, 1.165) is 21.7 Å². The molecule has 5 atom stereocenters. The van der Waals surface area contributed by atoms with Gasteiger partial charge in [0.05, 0.1) is 5.60 Å². The summed E-state index contributed by atoms with van der Waals surface area (Å²) < 4.78 is 0.799. The summed E-state index contributed by atoms with van der Waals surface area (Å²) in [5.41, 5.74) is -0.455. The summed E-state index contributed by atoms with van der Waals surface area (Å²) in [5.74, 6) is 3.10. The first kappa shape index (κ1) is 10.2. The van der Waals surface area contributed by atoms with Gasteiger partial charge in [-0.2, -0.15) is 0 Å². The first-order chi connectivity index (χ1) is 5.91. The maximum Gasteiger partial charge on any atom is 0.0622 e. The van der Waals surface area contributed by atoms with E-state index in [1.54, 1.807) is 0 Å². The van der Waals surface area contributed by atoms with Crippen LogP contribution in [0.25, 0.3) is 0 Å². The van der Waals surface area contributed by atoms with Crippen LogP contribution in [0.2, 0.25) is 0 Å². The second kappa shape index (κ2) is 3.09. The molecule has 0 aliphatic heterocycles. The zero-order valence-corrected chi connectivity index (χ0v) is 10.8. The lowest BCUT2D eigenvalue weighted by Crippen LogP contribution is -2.39. The van der Waals surface area contributed by atoms with Gasteiger partial charge in [0.1, 0.15) is 0 Å². The molecule has 2 bridgehead atoms. The lowest BCUT2D eigenvalue weighted by Gasteiger charge is -2.37. The van der Waals surface area contributed by atoms with Gasteiger partial charge in [0.2, 0.25) is 0 Å².